The van der Waals surface area contributed by atoms with Crippen LogP contribution in [0.3, 0.4) is 0 Å². The lowest BCUT2D eigenvalue weighted by Gasteiger charge is -2.66. The Morgan fingerprint density at radius 1 is 1.17 bits per heavy atom. The van der Waals surface area contributed by atoms with Crippen molar-refractivity contribution in [3.8, 4) is 11.5 Å². The van der Waals surface area contributed by atoms with Gasteiger partial charge in [0.25, 0.3) is 0 Å². The molecular formula is C21H29ClO2. The lowest BCUT2D eigenvalue weighted by atomic mass is 9.44. The van der Waals surface area contributed by atoms with Crippen molar-refractivity contribution < 1.29 is 9.84 Å². The highest BCUT2D eigenvalue weighted by Gasteiger charge is 2.65. The Kier molecular flexibility index (Phi) is 3.50. The van der Waals surface area contributed by atoms with Gasteiger partial charge in [-0.25, -0.2) is 0 Å². The summed E-state index contributed by atoms with van der Waals surface area (Å²) in [4.78, 5) is 0. The van der Waals surface area contributed by atoms with Gasteiger partial charge in [0.05, 0.1) is 5.02 Å². The maximum absolute atomic E-state index is 10.0. The van der Waals surface area contributed by atoms with E-state index in [0.29, 0.717) is 22.3 Å². The quantitative estimate of drug-likeness (QED) is 0.624. The molecule has 1 aliphatic heterocycles. The maximum atomic E-state index is 10.0. The van der Waals surface area contributed by atoms with Crippen LogP contribution in [-0.4, -0.2) is 10.7 Å². The highest BCUT2D eigenvalue weighted by Crippen LogP contribution is 2.66. The second-order valence-corrected chi connectivity index (χ2v) is 9.71. The number of aromatic hydroxyl groups is 1. The van der Waals surface area contributed by atoms with Crippen molar-refractivity contribution >= 4 is 11.6 Å². The lowest BCUT2D eigenvalue weighted by Crippen LogP contribution is -2.68. The molecule has 3 heteroatoms. The molecule has 4 atom stereocenters. The number of phenols is 1. The van der Waals surface area contributed by atoms with Crippen molar-refractivity contribution in [3.63, 3.8) is 0 Å². The number of rotatable bonds is 0. The average Bonchev–Trinajstić information content (AvgIpc) is 2.51. The highest BCUT2D eigenvalue weighted by atomic mass is 35.5. The molecule has 4 rings (SSSR count). The van der Waals surface area contributed by atoms with E-state index in [0.717, 1.165) is 24.2 Å². The van der Waals surface area contributed by atoms with E-state index >= 15 is 0 Å². The van der Waals surface area contributed by atoms with Crippen LogP contribution in [0.5, 0.6) is 11.5 Å². The summed E-state index contributed by atoms with van der Waals surface area (Å²) < 4.78 is 6.88. The maximum Gasteiger partial charge on any atom is 0.134 e. The summed E-state index contributed by atoms with van der Waals surface area (Å²) in [5.41, 5.74) is 1.29. The molecule has 132 valence electrons. The zero-order chi connectivity index (χ0) is 17.3. The topological polar surface area (TPSA) is 29.5 Å². The minimum absolute atomic E-state index is 0.0675. The van der Waals surface area contributed by atoms with Crippen LogP contribution in [0.15, 0.2) is 12.1 Å². The number of halogens is 1. The molecular weight excluding hydrogens is 320 g/mol. The number of benzene rings is 1. The SMILES string of the molecule is C[C@H]1CC[C@H]2C(C)(C)CCC[C@]23Oc2ccc(O)c(Cl)c2C[C@@]13C. The summed E-state index contributed by atoms with van der Waals surface area (Å²) in [6, 6.07) is 3.60. The molecule has 3 aliphatic rings. The van der Waals surface area contributed by atoms with Gasteiger partial charge in [0.15, 0.2) is 0 Å². The van der Waals surface area contributed by atoms with Crippen LogP contribution >= 0.6 is 11.6 Å². The molecule has 0 amide bonds. The summed E-state index contributed by atoms with van der Waals surface area (Å²) in [6.07, 6.45) is 7.07. The smallest absolute Gasteiger partial charge is 0.134 e. The molecule has 1 aromatic carbocycles. The normalized spacial score (nSPS) is 40.0. The molecule has 1 aromatic rings. The van der Waals surface area contributed by atoms with Gasteiger partial charge in [-0.1, -0.05) is 39.3 Å². The van der Waals surface area contributed by atoms with Gasteiger partial charge in [-0.15, -0.1) is 0 Å². The molecule has 24 heavy (non-hydrogen) atoms. The van der Waals surface area contributed by atoms with Crippen molar-refractivity contribution in [3.05, 3.63) is 22.7 Å². The standard InChI is InChI=1S/C21H29ClO2/c1-13-6-9-17-19(2,3)10-5-11-21(17)20(13,4)12-14-16(24-21)8-7-15(23)18(14)22/h7-8,13,17,23H,5-6,9-12H2,1-4H3/t13-,17-,20-,21-/m0/s1. The van der Waals surface area contributed by atoms with Crippen LogP contribution in [0, 0.1) is 22.7 Å². The first-order chi connectivity index (χ1) is 11.2. The monoisotopic (exact) mass is 348 g/mol. The largest absolute Gasteiger partial charge is 0.506 e. The van der Waals surface area contributed by atoms with Crippen molar-refractivity contribution in [1.82, 2.24) is 0 Å². The van der Waals surface area contributed by atoms with E-state index < -0.39 is 0 Å². The van der Waals surface area contributed by atoms with E-state index in [4.69, 9.17) is 16.3 Å². The molecule has 0 bridgehead atoms. The van der Waals surface area contributed by atoms with E-state index in [-0.39, 0.29) is 16.8 Å². The summed E-state index contributed by atoms with van der Waals surface area (Å²) in [7, 11) is 0. The fourth-order valence-electron chi connectivity index (χ4n) is 6.22. The van der Waals surface area contributed by atoms with Crippen LogP contribution in [0.2, 0.25) is 5.02 Å². The molecule has 2 nitrogen and oxygen atoms in total. The third-order valence-corrected chi connectivity index (χ3v) is 8.26. The highest BCUT2D eigenvalue weighted by molar-refractivity contribution is 6.33. The third kappa shape index (κ3) is 1.95. The van der Waals surface area contributed by atoms with E-state index in [1.54, 1.807) is 6.07 Å². The lowest BCUT2D eigenvalue weighted by molar-refractivity contribution is -0.210. The molecule has 1 heterocycles. The average molecular weight is 349 g/mol. The minimum Gasteiger partial charge on any atom is -0.506 e. The van der Waals surface area contributed by atoms with Crippen molar-refractivity contribution in [2.24, 2.45) is 22.7 Å². The molecule has 0 aromatic heterocycles. The van der Waals surface area contributed by atoms with E-state index in [2.05, 4.69) is 27.7 Å². The minimum atomic E-state index is -0.0975. The Hall–Kier alpha value is -0.890. The predicted octanol–water partition coefficient (Wildman–Crippen LogP) is 5.98. The molecule has 2 saturated carbocycles. The van der Waals surface area contributed by atoms with Crippen LogP contribution in [0.25, 0.3) is 0 Å². The number of ether oxygens (including phenoxy) is 1. The van der Waals surface area contributed by atoms with Gasteiger partial charge < -0.3 is 9.84 Å². The molecule has 2 fully saturated rings. The fraction of sp³-hybridized carbons (Fsp3) is 0.714. The van der Waals surface area contributed by atoms with Gasteiger partial charge in [0.2, 0.25) is 0 Å². The molecule has 0 radical (unpaired) electrons. The zero-order valence-electron chi connectivity index (χ0n) is 15.3. The predicted molar refractivity (Wildman–Crippen MR) is 97.8 cm³/mol. The number of phenolic OH excluding ortho intramolecular Hbond substituents is 1. The molecule has 0 unspecified atom stereocenters. The Morgan fingerprint density at radius 3 is 2.67 bits per heavy atom. The van der Waals surface area contributed by atoms with Crippen LogP contribution < -0.4 is 4.74 Å². The van der Waals surface area contributed by atoms with Crippen molar-refractivity contribution in [2.45, 2.75) is 71.8 Å². The van der Waals surface area contributed by atoms with Gasteiger partial charge in [0, 0.05) is 16.9 Å². The molecule has 0 saturated heterocycles. The fourth-order valence-corrected chi connectivity index (χ4v) is 6.45. The summed E-state index contributed by atoms with van der Waals surface area (Å²) in [6.45, 7) is 9.65. The molecule has 2 aliphatic carbocycles. The third-order valence-electron chi connectivity index (χ3n) is 7.83. The molecule has 1 N–H and O–H groups in total. The van der Waals surface area contributed by atoms with Gasteiger partial charge in [-0.3, -0.25) is 0 Å². The van der Waals surface area contributed by atoms with Crippen LogP contribution in [0.4, 0.5) is 0 Å². The Morgan fingerprint density at radius 2 is 1.92 bits per heavy atom. The Labute approximate surface area is 150 Å². The first-order valence-electron chi connectivity index (χ1n) is 9.41. The van der Waals surface area contributed by atoms with E-state index in [1.165, 1.54) is 25.7 Å². The summed E-state index contributed by atoms with van der Waals surface area (Å²) in [5, 5.41) is 10.5. The number of hydrogen-bond acceptors (Lipinski definition) is 2. The van der Waals surface area contributed by atoms with Crippen LogP contribution in [-0.2, 0) is 6.42 Å². The summed E-state index contributed by atoms with van der Waals surface area (Å²) >= 11 is 6.45. The number of hydrogen-bond donors (Lipinski definition) is 1. The zero-order valence-corrected chi connectivity index (χ0v) is 16.0. The van der Waals surface area contributed by atoms with Gasteiger partial charge in [0.1, 0.15) is 17.1 Å². The van der Waals surface area contributed by atoms with Gasteiger partial charge in [-0.2, -0.15) is 0 Å². The summed E-state index contributed by atoms with van der Waals surface area (Å²) in [5.74, 6) is 2.24. The Balaban J connectivity index is 1.91. The van der Waals surface area contributed by atoms with Gasteiger partial charge in [-0.05, 0) is 62.0 Å². The molecule has 1 spiro atoms. The number of fused-ring (bicyclic) bond motifs is 1. The Bertz CT molecular complexity index is 683. The van der Waals surface area contributed by atoms with Gasteiger partial charge >= 0.3 is 0 Å². The van der Waals surface area contributed by atoms with E-state index in [1.807, 2.05) is 6.07 Å². The first kappa shape index (κ1) is 16.6. The van der Waals surface area contributed by atoms with Crippen molar-refractivity contribution in [2.75, 3.05) is 0 Å². The van der Waals surface area contributed by atoms with Crippen LogP contribution in [0.1, 0.15) is 65.4 Å². The second-order valence-electron chi connectivity index (χ2n) is 9.33. The van der Waals surface area contributed by atoms with Crippen molar-refractivity contribution in [1.29, 1.82) is 0 Å². The second kappa shape index (κ2) is 5.06. The first-order valence-corrected chi connectivity index (χ1v) is 9.78. The van der Waals surface area contributed by atoms with E-state index in [9.17, 15) is 5.11 Å².